The fourth-order valence-corrected chi connectivity index (χ4v) is 2.60. The summed E-state index contributed by atoms with van der Waals surface area (Å²) in [6.45, 7) is 3.87. The van der Waals surface area contributed by atoms with E-state index >= 15 is 0 Å². The Labute approximate surface area is 147 Å². The van der Waals surface area contributed by atoms with Crippen LogP contribution in [-0.4, -0.2) is 40.7 Å². The molecule has 0 radical (unpaired) electrons. The molecule has 2 amide bonds. The van der Waals surface area contributed by atoms with E-state index in [-0.39, 0.29) is 12.1 Å². The van der Waals surface area contributed by atoms with Gasteiger partial charge in [-0.1, -0.05) is 35.0 Å². The quantitative estimate of drug-likeness (QED) is 0.757. The molecule has 0 saturated carbocycles. The van der Waals surface area contributed by atoms with Crippen LogP contribution in [0.5, 0.6) is 0 Å². The molecule has 2 N–H and O–H groups in total. The first-order valence-electron chi connectivity index (χ1n) is 8.49. The number of carbonyl (C=O) groups is 1. The lowest BCUT2D eigenvalue weighted by molar-refractivity contribution is 0.0865. The Morgan fingerprint density at radius 3 is 2.92 bits per heavy atom. The number of hydrogen-bond acceptors (Lipinski definition) is 4. The molecule has 1 aromatic heterocycles. The van der Waals surface area contributed by atoms with Crippen molar-refractivity contribution in [3.63, 3.8) is 0 Å². The second kappa shape index (κ2) is 8.32. The lowest BCUT2D eigenvalue weighted by Crippen LogP contribution is -2.40. The van der Waals surface area contributed by atoms with E-state index in [1.807, 2.05) is 29.1 Å². The Hall–Kier alpha value is -2.83. The van der Waals surface area contributed by atoms with E-state index in [1.54, 1.807) is 6.20 Å². The van der Waals surface area contributed by atoms with E-state index in [9.17, 15) is 4.79 Å². The smallest absolute Gasteiger partial charge is 0.314 e. The number of carbonyl (C=O) groups excluding carboxylic acids is 1. The third-order valence-corrected chi connectivity index (χ3v) is 4.02. The Bertz CT molecular complexity index is 710. The van der Waals surface area contributed by atoms with Crippen LogP contribution in [0.4, 0.5) is 4.79 Å². The van der Waals surface area contributed by atoms with E-state index < -0.39 is 0 Å². The van der Waals surface area contributed by atoms with Crippen molar-refractivity contribution in [1.82, 2.24) is 20.4 Å². The Balaban J connectivity index is 1.31. The predicted molar refractivity (Wildman–Crippen MR) is 95.5 cm³/mol. The molecular weight excluding hydrogens is 318 g/mol. The normalized spacial score (nSPS) is 16.2. The molecule has 1 unspecified atom stereocenters. The summed E-state index contributed by atoms with van der Waals surface area (Å²) in [6.07, 6.45) is 5.06. The van der Waals surface area contributed by atoms with Gasteiger partial charge in [-0.05, 0) is 25.0 Å². The van der Waals surface area contributed by atoms with Gasteiger partial charge in [-0.15, -0.1) is 0 Å². The topological polar surface area (TPSA) is 80.5 Å². The number of nitrogens with zero attached hydrogens (tertiary/aromatic N) is 3. The van der Waals surface area contributed by atoms with Gasteiger partial charge in [0, 0.05) is 31.9 Å². The van der Waals surface area contributed by atoms with Crippen molar-refractivity contribution in [3.05, 3.63) is 53.9 Å². The summed E-state index contributed by atoms with van der Waals surface area (Å²) in [5.74, 6) is 0. The summed E-state index contributed by atoms with van der Waals surface area (Å²) in [4.78, 5) is 17.2. The Morgan fingerprint density at radius 2 is 2.16 bits per heavy atom. The average Bonchev–Trinajstić information content (AvgIpc) is 3.29. The summed E-state index contributed by atoms with van der Waals surface area (Å²) in [6, 6.07) is 9.89. The number of amides is 2. The molecular formula is C18H23N5O2. The maximum atomic E-state index is 11.8. The Kier molecular flexibility index (Phi) is 5.66. The molecule has 3 rings (SSSR count). The summed E-state index contributed by atoms with van der Waals surface area (Å²) < 4.78 is 1.84. The van der Waals surface area contributed by atoms with E-state index in [1.165, 1.54) is 5.56 Å². The van der Waals surface area contributed by atoms with E-state index in [2.05, 4.69) is 39.9 Å². The molecule has 0 aliphatic carbocycles. The van der Waals surface area contributed by atoms with Crippen molar-refractivity contribution in [2.75, 3.05) is 13.1 Å². The largest absolute Gasteiger partial charge is 0.390 e. The number of rotatable bonds is 7. The monoisotopic (exact) mass is 341 g/mol. The minimum absolute atomic E-state index is 0.119. The SMILES string of the molecule is Cc1ccc(C2=NOC(CNC(=O)NCCCn3cccn3)C2)cc1. The van der Waals surface area contributed by atoms with Crippen LogP contribution in [0.3, 0.4) is 0 Å². The maximum Gasteiger partial charge on any atom is 0.314 e. The number of nitrogens with one attached hydrogen (secondary N) is 2. The first-order valence-corrected chi connectivity index (χ1v) is 8.49. The molecule has 0 bridgehead atoms. The molecule has 0 fully saturated rings. The molecule has 1 aliphatic rings. The van der Waals surface area contributed by atoms with Crippen LogP contribution in [0, 0.1) is 6.92 Å². The third-order valence-electron chi connectivity index (χ3n) is 4.02. The van der Waals surface area contributed by atoms with Gasteiger partial charge in [0.15, 0.2) is 6.10 Å². The minimum atomic E-state index is -0.187. The zero-order valence-corrected chi connectivity index (χ0v) is 14.3. The minimum Gasteiger partial charge on any atom is -0.390 e. The molecule has 25 heavy (non-hydrogen) atoms. The van der Waals surface area contributed by atoms with Crippen LogP contribution < -0.4 is 10.6 Å². The highest BCUT2D eigenvalue weighted by atomic mass is 16.6. The number of aromatic nitrogens is 2. The van der Waals surface area contributed by atoms with E-state index in [4.69, 9.17) is 4.84 Å². The van der Waals surface area contributed by atoms with Gasteiger partial charge in [-0.3, -0.25) is 4.68 Å². The zero-order valence-electron chi connectivity index (χ0n) is 14.3. The van der Waals surface area contributed by atoms with Gasteiger partial charge in [-0.2, -0.15) is 5.10 Å². The van der Waals surface area contributed by atoms with Crippen LogP contribution in [0.25, 0.3) is 0 Å². The van der Waals surface area contributed by atoms with Crippen molar-refractivity contribution in [1.29, 1.82) is 0 Å². The molecule has 0 spiro atoms. The van der Waals surface area contributed by atoms with Crippen molar-refractivity contribution >= 4 is 11.7 Å². The van der Waals surface area contributed by atoms with Crippen molar-refractivity contribution in [2.24, 2.45) is 5.16 Å². The standard InChI is InChI=1S/C18H23N5O2/c1-14-4-6-15(7-5-14)17-12-16(25-22-17)13-20-18(24)19-8-2-10-23-11-3-9-21-23/h3-7,9,11,16H,2,8,10,12-13H2,1H3,(H2,19,20,24). The summed E-state index contributed by atoms with van der Waals surface area (Å²) in [7, 11) is 0. The van der Waals surface area contributed by atoms with Gasteiger partial charge in [0.25, 0.3) is 0 Å². The van der Waals surface area contributed by atoms with E-state index in [0.717, 1.165) is 24.2 Å². The van der Waals surface area contributed by atoms with Gasteiger partial charge in [-0.25, -0.2) is 4.79 Å². The predicted octanol–water partition coefficient (Wildman–Crippen LogP) is 2.07. The molecule has 1 aliphatic heterocycles. The zero-order chi connectivity index (χ0) is 17.5. The second-order valence-electron chi connectivity index (χ2n) is 6.10. The highest BCUT2D eigenvalue weighted by Gasteiger charge is 2.22. The summed E-state index contributed by atoms with van der Waals surface area (Å²) in [5.41, 5.74) is 3.20. The number of oxime groups is 1. The lowest BCUT2D eigenvalue weighted by atomic mass is 10.0. The molecule has 1 atom stereocenters. The maximum absolute atomic E-state index is 11.8. The van der Waals surface area contributed by atoms with Crippen LogP contribution in [0.2, 0.25) is 0 Å². The molecule has 7 nitrogen and oxygen atoms in total. The van der Waals surface area contributed by atoms with Gasteiger partial charge in [0.2, 0.25) is 0 Å². The van der Waals surface area contributed by atoms with Crippen molar-refractivity contribution < 1.29 is 9.63 Å². The van der Waals surface area contributed by atoms with Gasteiger partial charge >= 0.3 is 6.03 Å². The first kappa shape index (κ1) is 17.0. The van der Waals surface area contributed by atoms with Gasteiger partial charge in [0.05, 0.1) is 12.3 Å². The number of aryl methyl sites for hydroxylation is 2. The van der Waals surface area contributed by atoms with Gasteiger partial charge < -0.3 is 15.5 Å². The molecule has 0 saturated heterocycles. The molecule has 1 aromatic carbocycles. The van der Waals surface area contributed by atoms with Crippen molar-refractivity contribution in [3.8, 4) is 0 Å². The molecule has 2 heterocycles. The van der Waals surface area contributed by atoms with Crippen LogP contribution in [0.15, 0.2) is 47.9 Å². The van der Waals surface area contributed by atoms with Crippen molar-refractivity contribution in [2.45, 2.75) is 32.4 Å². The highest BCUT2D eigenvalue weighted by Crippen LogP contribution is 2.16. The second-order valence-corrected chi connectivity index (χ2v) is 6.10. The summed E-state index contributed by atoms with van der Waals surface area (Å²) >= 11 is 0. The molecule has 7 heteroatoms. The number of hydrogen-bond donors (Lipinski definition) is 2. The van der Waals surface area contributed by atoms with Crippen LogP contribution in [0.1, 0.15) is 24.0 Å². The number of urea groups is 1. The third kappa shape index (κ3) is 5.07. The fourth-order valence-electron chi connectivity index (χ4n) is 2.60. The first-order chi connectivity index (χ1) is 12.2. The summed E-state index contributed by atoms with van der Waals surface area (Å²) in [5, 5.41) is 13.9. The van der Waals surface area contributed by atoms with Gasteiger partial charge in [0.1, 0.15) is 0 Å². The average molecular weight is 341 g/mol. The molecule has 2 aromatic rings. The Morgan fingerprint density at radius 1 is 1.32 bits per heavy atom. The molecule has 132 valence electrons. The number of benzene rings is 1. The van der Waals surface area contributed by atoms with Crippen LogP contribution >= 0.6 is 0 Å². The highest BCUT2D eigenvalue weighted by molar-refractivity contribution is 6.01. The van der Waals surface area contributed by atoms with E-state index in [0.29, 0.717) is 19.5 Å². The van der Waals surface area contributed by atoms with Crippen LogP contribution in [-0.2, 0) is 11.4 Å². The fraction of sp³-hybridized carbons (Fsp3) is 0.389. The lowest BCUT2D eigenvalue weighted by Gasteiger charge is -2.11.